The number of carbonyl (C=O) groups is 1. The van der Waals surface area contributed by atoms with Gasteiger partial charge in [0.05, 0.1) is 0 Å². The molecule has 3 nitrogen and oxygen atoms in total. The summed E-state index contributed by atoms with van der Waals surface area (Å²) in [6.45, 7) is 2.89. The van der Waals surface area contributed by atoms with Gasteiger partial charge < -0.3 is 11.1 Å². The first-order valence-corrected chi connectivity index (χ1v) is 6.34. The maximum Gasteiger partial charge on any atom is 0.248 e. The second kappa shape index (κ2) is 6.16. The zero-order valence-corrected chi connectivity index (χ0v) is 11.0. The Morgan fingerprint density at radius 3 is 2.32 bits per heavy atom. The summed E-state index contributed by atoms with van der Waals surface area (Å²) in [6, 6.07) is 17.9. The van der Waals surface area contributed by atoms with Crippen LogP contribution in [0.25, 0.3) is 0 Å². The van der Waals surface area contributed by atoms with Crippen LogP contribution in [0, 0.1) is 0 Å². The van der Waals surface area contributed by atoms with Gasteiger partial charge in [-0.1, -0.05) is 42.5 Å². The molecule has 0 heterocycles. The Labute approximate surface area is 113 Å². The Balaban J connectivity index is 1.93. The molecule has 0 bridgehead atoms. The van der Waals surface area contributed by atoms with Gasteiger partial charge in [0.15, 0.2) is 0 Å². The first-order valence-electron chi connectivity index (χ1n) is 6.34. The number of hydrogen-bond donors (Lipinski definition) is 2. The summed E-state index contributed by atoms with van der Waals surface area (Å²) in [6.07, 6.45) is 0. The Bertz CT molecular complexity index is 534. The topological polar surface area (TPSA) is 55.1 Å². The van der Waals surface area contributed by atoms with Crippen molar-refractivity contribution in [3.8, 4) is 0 Å². The van der Waals surface area contributed by atoms with E-state index in [4.69, 9.17) is 5.73 Å². The van der Waals surface area contributed by atoms with E-state index in [1.54, 1.807) is 12.1 Å². The Morgan fingerprint density at radius 2 is 1.74 bits per heavy atom. The number of nitrogens with one attached hydrogen (secondary N) is 1. The molecular formula is C16H18N2O. The van der Waals surface area contributed by atoms with Gasteiger partial charge in [-0.2, -0.15) is 0 Å². The lowest BCUT2D eigenvalue weighted by molar-refractivity contribution is 0.100. The molecule has 0 saturated heterocycles. The van der Waals surface area contributed by atoms with Crippen molar-refractivity contribution >= 4 is 5.91 Å². The molecule has 1 amide bonds. The maximum absolute atomic E-state index is 11.0. The van der Waals surface area contributed by atoms with Crippen molar-refractivity contribution in [1.29, 1.82) is 0 Å². The number of nitrogens with two attached hydrogens (primary N) is 1. The van der Waals surface area contributed by atoms with Gasteiger partial charge in [-0.3, -0.25) is 4.79 Å². The van der Waals surface area contributed by atoms with Gasteiger partial charge in [0.25, 0.3) is 0 Å². The summed E-state index contributed by atoms with van der Waals surface area (Å²) < 4.78 is 0. The van der Waals surface area contributed by atoms with Gasteiger partial charge in [0.2, 0.25) is 5.91 Å². The van der Waals surface area contributed by atoms with Crippen molar-refractivity contribution < 1.29 is 4.79 Å². The van der Waals surface area contributed by atoms with Gasteiger partial charge in [0.1, 0.15) is 0 Å². The van der Waals surface area contributed by atoms with E-state index >= 15 is 0 Å². The van der Waals surface area contributed by atoms with E-state index in [0.717, 1.165) is 12.1 Å². The molecule has 0 fully saturated rings. The second-order valence-electron chi connectivity index (χ2n) is 4.57. The van der Waals surface area contributed by atoms with E-state index < -0.39 is 5.91 Å². The number of primary amides is 1. The summed E-state index contributed by atoms with van der Waals surface area (Å²) >= 11 is 0. The third-order valence-electron chi connectivity index (χ3n) is 3.15. The zero-order chi connectivity index (χ0) is 13.7. The van der Waals surface area contributed by atoms with Gasteiger partial charge in [-0.25, -0.2) is 0 Å². The van der Waals surface area contributed by atoms with Crippen molar-refractivity contribution in [3.05, 3.63) is 71.3 Å². The normalized spacial score (nSPS) is 12.1. The molecule has 0 unspecified atom stereocenters. The number of amides is 1. The molecule has 0 aliphatic heterocycles. The third kappa shape index (κ3) is 3.66. The molecule has 3 heteroatoms. The molecule has 2 aromatic rings. The minimum absolute atomic E-state index is 0.289. The van der Waals surface area contributed by atoms with Gasteiger partial charge in [0, 0.05) is 18.2 Å². The smallest absolute Gasteiger partial charge is 0.248 e. The zero-order valence-electron chi connectivity index (χ0n) is 11.0. The lowest BCUT2D eigenvalue weighted by atomic mass is 10.1. The van der Waals surface area contributed by atoms with Crippen LogP contribution in [0.4, 0.5) is 0 Å². The Hall–Kier alpha value is -2.13. The van der Waals surface area contributed by atoms with Crippen LogP contribution in [0.3, 0.4) is 0 Å². The van der Waals surface area contributed by atoms with Crippen molar-refractivity contribution in [2.75, 3.05) is 0 Å². The minimum Gasteiger partial charge on any atom is -0.366 e. The predicted octanol–water partition coefficient (Wildman–Crippen LogP) is 2.64. The fourth-order valence-corrected chi connectivity index (χ4v) is 1.92. The minimum atomic E-state index is -0.392. The van der Waals surface area contributed by atoms with Crippen LogP contribution in [0.2, 0.25) is 0 Å². The molecule has 0 saturated carbocycles. The molecular weight excluding hydrogens is 236 g/mol. The quantitative estimate of drug-likeness (QED) is 0.861. The lowest BCUT2D eigenvalue weighted by Gasteiger charge is -2.14. The molecule has 3 N–H and O–H groups in total. The molecule has 98 valence electrons. The van der Waals surface area contributed by atoms with Crippen LogP contribution in [-0.4, -0.2) is 5.91 Å². The fraction of sp³-hybridized carbons (Fsp3) is 0.188. The van der Waals surface area contributed by atoms with Crippen LogP contribution >= 0.6 is 0 Å². The molecule has 0 aromatic heterocycles. The summed E-state index contributed by atoms with van der Waals surface area (Å²) in [4.78, 5) is 11.0. The van der Waals surface area contributed by atoms with E-state index in [9.17, 15) is 4.79 Å². The lowest BCUT2D eigenvalue weighted by Crippen LogP contribution is -2.18. The predicted molar refractivity (Wildman–Crippen MR) is 76.7 cm³/mol. The number of benzene rings is 2. The van der Waals surface area contributed by atoms with E-state index in [0.29, 0.717) is 5.56 Å². The molecule has 0 aliphatic carbocycles. The van der Waals surface area contributed by atoms with E-state index in [-0.39, 0.29) is 6.04 Å². The van der Waals surface area contributed by atoms with Crippen molar-refractivity contribution in [2.45, 2.75) is 19.5 Å². The van der Waals surface area contributed by atoms with Crippen molar-refractivity contribution in [2.24, 2.45) is 5.73 Å². The van der Waals surface area contributed by atoms with Crippen LogP contribution in [-0.2, 0) is 6.54 Å². The van der Waals surface area contributed by atoms with Crippen LogP contribution in [0.15, 0.2) is 54.6 Å². The van der Waals surface area contributed by atoms with Crippen LogP contribution in [0.5, 0.6) is 0 Å². The largest absolute Gasteiger partial charge is 0.366 e. The highest BCUT2D eigenvalue weighted by Gasteiger charge is 2.04. The van der Waals surface area contributed by atoms with Gasteiger partial charge in [-0.05, 0) is 30.2 Å². The molecule has 2 rings (SSSR count). The highest BCUT2D eigenvalue weighted by Crippen LogP contribution is 2.12. The first-order chi connectivity index (χ1) is 9.16. The molecule has 2 aromatic carbocycles. The number of rotatable bonds is 5. The second-order valence-corrected chi connectivity index (χ2v) is 4.57. The van der Waals surface area contributed by atoms with Crippen LogP contribution < -0.4 is 11.1 Å². The number of carbonyl (C=O) groups excluding carboxylic acids is 1. The Kier molecular flexibility index (Phi) is 4.31. The monoisotopic (exact) mass is 254 g/mol. The van der Waals surface area contributed by atoms with E-state index in [1.807, 2.05) is 30.3 Å². The SMILES string of the molecule is C[C@@H](NCc1ccc(C(N)=O)cc1)c1ccccc1. The Morgan fingerprint density at radius 1 is 1.11 bits per heavy atom. The molecule has 0 aliphatic rings. The summed E-state index contributed by atoms with van der Waals surface area (Å²) in [7, 11) is 0. The third-order valence-corrected chi connectivity index (χ3v) is 3.15. The van der Waals surface area contributed by atoms with Crippen molar-refractivity contribution in [1.82, 2.24) is 5.32 Å². The number of hydrogen-bond acceptors (Lipinski definition) is 2. The first kappa shape index (κ1) is 13.3. The van der Waals surface area contributed by atoms with Gasteiger partial charge in [-0.15, -0.1) is 0 Å². The summed E-state index contributed by atoms with van der Waals surface area (Å²) in [5.74, 6) is -0.392. The van der Waals surface area contributed by atoms with Crippen molar-refractivity contribution in [3.63, 3.8) is 0 Å². The molecule has 19 heavy (non-hydrogen) atoms. The average molecular weight is 254 g/mol. The average Bonchev–Trinajstić information content (AvgIpc) is 2.46. The maximum atomic E-state index is 11.0. The standard InChI is InChI=1S/C16H18N2O/c1-12(14-5-3-2-4-6-14)18-11-13-7-9-15(10-8-13)16(17)19/h2-10,12,18H,11H2,1H3,(H2,17,19)/t12-/m1/s1. The van der Waals surface area contributed by atoms with E-state index in [2.05, 4.69) is 24.4 Å². The summed E-state index contributed by atoms with van der Waals surface area (Å²) in [5, 5.41) is 3.45. The molecule has 0 radical (unpaired) electrons. The van der Waals surface area contributed by atoms with E-state index in [1.165, 1.54) is 5.56 Å². The highest BCUT2D eigenvalue weighted by molar-refractivity contribution is 5.92. The van der Waals surface area contributed by atoms with Crippen LogP contribution in [0.1, 0.15) is 34.5 Å². The highest BCUT2D eigenvalue weighted by atomic mass is 16.1. The summed E-state index contributed by atoms with van der Waals surface area (Å²) in [5.41, 5.74) is 8.14. The molecule has 0 spiro atoms. The fourth-order valence-electron chi connectivity index (χ4n) is 1.92. The molecule has 1 atom stereocenters. The van der Waals surface area contributed by atoms with Gasteiger partial charge >= 0.3 is 0 Å².